The minimum atomic E-state index is -1.12. The van der Waals surface area contributed by atoms with Gasteiger partial charge in [-0.3, -0.25) is 9.59 Å². The van der Waals surface area contributed by atoms with Crippen molar-refractivity contribution < 1.29 is 19.1 Å². The zero-order valence-electron chi connectivity index (χ0n) is 18.8. The van der Waals surface area contributed by atoms with E-state index < -0.39 is 18.0 Å². The van der Waals surface area contributed by atoms with Crippen LogP contribution < -0.4 is 4.74 Å². The van der Waals surface area contributed by atoms with E-state index in [1.165, 1.54) is 0 Å². The molecule has 3 aromatic rings. The molecule has 174 valence electrons. The van der Waals surface area contributed by atoms with E-state index in [0.29, 0.717) is 22.6 Å². The monoisotopic (exact) mass is 494 g/mol. The average Bonchev–Trinajstić information content (AvgIpc) is 3.37. The number of para-hydroxylation sites is 1. The molecule has 0 saturated heterocycles. The predicted octanol–water partition coefficient (Wildman–Crippen LogP) is 7.54. The fourth-order valence-corrected chi connectivity index (χ4v) is 4.43. The van der Waals surface area contributed by atoms with Gasteiger partial charge in [-0.2, -0.15) is 0 Å². The van der Waals surface area contributed by atoms with Crippen molar-refractivity contribution in [3.8, 4) is 11.5 Å². The molecule has 1 fully saturated rings. The molecular formula is C28H24Cl2O4. The maximum atomic E-state index is 13.4. The number of benzene rings is 3. The van der Waals surface area contributed by atoms with Gasteiger partial charge in [0, 0.05) is 11.1 Å². The number of ether oxygens (including phenoxy) is 2. The maximum Gasteiger partial charge on any atom is 0.311 e. The van der Waals surface area contributed by atoms with Crippen molar-refractivity contribution >= 4 is 35.0 Å². The number of Topliss-reactive ketones (excluding diaryl/α,β-unsaturated/α-hetero) is 1. The molecule has 4 rings (SSSR count). The Morgan fingerprint density at radius 1 is 0.882 bits per heavy atom. The third kappa shape index (κ3) is 5.35. The van der Waals surface area contributed by atoms with Gasteiger partial charge in [0.15, 0.2) is 6.10 Å². The van der Waals surface area contributed by atoms with Crippen molar-refractivity contribution in [3.63, 3.8) is 0 Å². The lowest BCUT2D eigenvalue weighted by Crippen LogP contribution is -2.22. The molecular weight excluding hydrogens is 471 g/mol. The highest BCUT2D eigenvalue weighted by Gasteiger charge is 2.62. The molecule has 1 saturated carbocycles. The minimum Gasteiger partial charge on any atom is -0.457 e. The highest BCUT2D eigenvalue weighted by atomic mass is 35.5. The van der Waals surface area contributed by atoms with Crippen molar-refractivity contribution in [3.05, 3.63) is 107 Å². The van der Waals surface area contributed by atoms with Gasteiger partial charge >= 0.3 is 5.97 Å². The number of carbonyl (C=O) groups excluding carboxylic acids is 2. The van der Waals surface area contributed by atoms with Crippen LogP contribution in [0.3, 0.4) is 0 Å². The van der Waals surface area contributed by atoms with Gasteiger partial charge in [-0.1, -0.05) is 97.7 Å². The minimum absolute atomic E-state index is 0.107. The van der Waals surface area contributed by atoms with E-state index in [2.05, 4.69) is 0 Å². The molecule has 34 heavy (non-hydrogen) atoms. The summed E-state index contributed by atoms with van der Waals surface area (Å²) in [6.07, 6.45) is 0.527. The van der Waals surface area contributed by atoms with Crippen LogP contribution in [-0.2, 0) is 9.53 Å². The first-order valence-electron chi connectivity index (χ1n) is 10.9. The number of rotatable bonds is 8. The van der Waals surface area contributed by atoms with Crippen LogP contribution in [0.5, 0.6) is 11.5 Å². The molecule has 3 atom stereocenters. The molecule has 0 radical (unpaired) electrons. The van der Waals surface area contributed by atoms with Gasteiger partial charge in [0.1, 0.15) is 16.0 Å². The van der Waals surface area contributed by atoms with Crippen LogP contribution in [0, 0.1) is 17.3 Å². The smallest absolute Gasteiger partial charge is 0.311 e. The van der Waals surface area contributed by atoms with Crippen LogP contribution in [0.1, 0.15) is 35.9 Å². The molecule has 4 nitrogen and oxygen atoms in total. The molecule has 1 aliphatic rings. The third-order valence-corrected chi connectivity index (χ3v) is 6.39. The largest absolute Gasteiger partial charge is 0.457 e. The van der Waals surface area contributed by atoms with Crippen molar-refractivity contribution in [1.29, 1.82) is 0 Å². The Balaban J connectivity index is 1.63. The lowest BCUT2D eigenvalue weighted by atomic mass is 9.99. The second kappa shape index (κ2) is 10.0. The molecule has 0 aliphatic heterocycles. The lowest BCUT2D eigenvalue weighted by Gasteiger charge is -2.19. The summed E-state index contributed by atoms with van der Waals surface area (Å²) in [7, 11) is 0. The first-order chi connectivity index (χ1) is 16.3. The van der Waals surface area contributed by atoms with Gasteiger partial charge in [-0.15, -0.1) is 0 Å². The van der Waals surface area contributed by atoms with Crippen LogP contribution in [0.2, 0.25) is 0 Å². The molecule has 1 aliphatic carbocycles. The third-order valence-electron chi connectivity index (χ3n) is 6.14. The normalized spacial score (nSPS) is 18.9. The fraction of sp³-hybridized carbons (Fsp3) is 0.214. The molecule has 0 spiro atoms. The van der Waals surface area contributed by atoms with Gasteiger partial charge in [0.25, 0.3) is 0 Å². The lowest BCUT2D eigenvalue weighted by molar-refractivity contribution is -0.150. The van der Waals surface area contributed by atoms with Gasteiger partial charge in [-0.25, -0.2) is 0 Å². The van der Waals surface area contributed by atoms with Gasteiger partial charge in [0.05, 0.1) is 5.92 Å². The molecule has 0 heterocycles. The first kappa shape index (κ1) is 24.1. The van der Waals surface area contributed by atoms with Crippen molar-refractivity contribution in [2.45, 2.75) is 20.0 Å². The van der Waals surface area contributed by atoms with E-state index in [0.717, 1.165) is 0 Å². The predicted molar refractivity (Wildman–Crippen MR) is 133 cm³/mol. The summed E-state index contributed by atoms with van der Waals surface area (Å²) in [6.45, 7) is 3.89. The molecule has 3 aromatic carbocycles. The quantitative estimate of drug-likeness (QED) is 0.239. The molecule has 0 bridgehead atoms. The average molecular weight is 495 g/mol. The zero-order valence-corrected chi connectivity index (χ0v) is 20.3. The SMILES string of the molecule is CC1(C)[C@H](C=C(Cl)Cl)[C@H]1C(=O)OC(C(=O)c1ccccc1)c1cccc(Oc2ccccc2)c1. The van der Waals surface area contributed by atoms with Crippen molar-refractivity contribution in [2.75, 3.05) is 0 Å². The van der Waals surface area contributed by atoms with E-state index in [-0.39, 0.29) is 21.6 Å². The van der Waals surface area contributed by atoms with E-state index in [9.17, 15) is 9.59 Å². The van der Waals surface area contributed by atoms with E-state index in [1.54, 1.807) is 54.6 Å². The highest BCUT2D eigenvalue weighted by Crippen LogP contribution is 2.60. The number of carbonyl (C=O) groups is 2. The maximum absolute atomic E-state index is 13.4. The molecule has 0 aromatic heterocycles. The first-order valence-corrected chi connectivity index (χ1v) is 11.7. The van der Waals surface area contributed by atoms with Crippen LogP contribution in [0.15, 0.2) is 95.5 Å². The molecule has 1 unspecified atom stereocenters. The van der Waals surface area contributed by atoms with Crippen LogP contribution in [0.4, 0.5) is 0 Å². The number of halogens is 2. The Bertz CT molecular complexity index is 1200. The number of ketones is 1. The number of esters is 1. The number of allylic oxidation sites excluding steroid dienone is 1. The summed E-state index contributed by atoms with van der Waals surface area (Å²) < 4.78 is 11.9. The molecule has 0 N–H and O–H groups in total. The Hall–Kier alpha value is -3.08. The fourth-order valence-electron chi connectivity index (χ4n) is 4.16. The van der Waals surface area contributed by atoms with E-state index in [4.69, 9.17) is 32.7 Å². The van der Waals surface area contributed by atoms with Gasteiger partial charge < -0.3 is 9.47 Å². The highest BCUT2D eigenvalue weighted by molar-refractivity contribution is 6.55. The zero-order chi connectivity index (χ0) is 24.3. The second-order valence-corrected chi connectivity index (χ2v) is 9.82. The number of hydrogen-bond acceptors (Lipinski definition) is 4. The number of hydrogen-bond donors (Lipinski definition) is 0. The summed E-state index contributed by atoms with van der Waals surface area (Å²) in [4.78, 5) is 26.6. The summed E-state index contributed by atoms with van der Waals surface area (Å²) in [5.41, 5.74) is 0.603. The van der Waals surface area contributed by atoms with E-state index in [1.807, 2.05) is 50.2 Å². The van der Waals surface area contributed by atoms with Gasteiger partial charge in [-0.05, 0) is 41.7 Å². The Kier molecular flexibility index (Phi) is 7.11. The summed E-state index contributed by atoms with van der Waals surface area (Å²) >= 11 is 11.7. The summed E-state index contributed by atoms with van der Waals surface area (Å²) in [5.74, 6) is -0.196. The topological polar surface area (TPSA) is 52.6 Å². The van der Waals surface area contributed by atoms with Crippen molar-refractivity contribution in [2.24, 2.45) is 17.3 Å². The molecule has 0 amide bonds. The van der Waals surface area contributed by atoms with E-state index >= 15 is 0 Å². The Labute approximate surface area is 209 Å². The van der Waals surface area contributed by atoms with Crippen LogP contribution in [0.25, 0.3) is 0 Å². The van der Waals surface area contributed by atoms with Crippen molar-refractivity contribution in [1.82, 2.24) is 0 Å². The summed E-state index contributed by atoms with van der Waals surface area (Å²) in [5, 5.41) is 0. The Morgan fingerprint density at radius 3 is 2.15 bits per heavy atom. The standard InChI is InChI=1S/C28H24Cl2O4/c1-28(2)22(17-23(29)30)24(28)27(32)34-26(25(31)18-10-5-3-6-11-18)19-12-9-15-21(16-19)33-20-13-7-4-8-14-20/h3-17,22,24,26H,1-2H3/t22-,24+,26?/m1/s1. The summed E-state index contributed by atoms with van der Waals surface area (Å²) in [6, 6.07) is 25.1. The molecule has 6 heteroatoms. The Morgan fingerprint density at radius 2 is 1.50 bits per heavy atom. The van der Waals surface area contributed by atoms with Gasteiger partial charge in [0.2, 0.25) is 5.78 Å². The van der Waals surface area contributed by atoms with Crippen LogP contribution >= 0.6 is 23.2 Å². The van der Waals surface area contributed by atoms with Crippen LogP contribution in [-0.4, -0.2) is 11.8 Å². The second-order valence-electron chi connectivity index (χ2n) is 8.82.